The molecule has 0 aromatic carbocycles. The number of hydrogen-bond donors (Lipinski definition) is 0. The van der Waals surface area contributed by atoms with E-state index >= 15 is 0 Å². The first-order chi connectivity index (χ1) is 12.0. The van der Waals surface area contributed by atoms with Gasteiger partial charge < -0.3 is 9.64 Å². The summed E-state index contributed by atoms with van der Waals surface area (Å²) in [5, 5.41) is 0. The van der Waals surface area contributed by atoms with Crippen LogP contribution in [0, 0.1) is 0 Å². The van der Waals surface area contributed by atoms with Gasteiger partial charge in [-0.3, -0.25) is 9.80 Å². The van der Waals surface area contributed by atoms with Crippen LogP contribution in [0.25, 0.3) is 0 Å². The minimum Gasteiger partial charge on any atom is -0.444 e. The third kappa shape index (κ3) is 7.83. The highest BCUT2D eigenvalue weighted by molar-refractivity contribution is 5.67. The Morgan fingerprint density at radius 1 is 1.15 bits per heavy atom. The lowest BCUT2D eigenvalue weighted by molar-refractivity contribution is -0.000302. The van der Waals surface area contributed by atoms with E-state index < -0.39 is 5.60 Å². The number of carbonyl (C=O) groups is 1. The monoisotopic (exact) mass is 371 g/mol. The summed E-state index contributed by atoms with van der Waals surface area (Å²) in [6.45, 7) is 24.1. The fourth-order valence-electron chi connectivity index (χ4n) is 3.35. The molecule has 0 aromatic heterocycles. The fraction of sp³-hybridized carbons (Fsp3) is 0.952. The first kappa shape index (κ1) is 25.2. The van der Waals surface area contributed by atoms with E-state index in [1.54, 1.807) is 4.90 Å². The third-order valence-electron chi connectivity index (χ3n) is 5.39. The van der Waals surface area contributed by atoms with Gasteiger partial charge in [0.15, 0.2) is 0 Å². The molecule has 1 amide bonds. The topological polar surface area (TPSA) is 36.0 Å². The Morgan fingerprint density at radius 3 is 2.15 bits per heavy atom. The van der Waals surface area contributed by atoms with Gasteiger partial charge in [0.1, 0.15) is 5.60 Å². The molecule has 5 nitrogen and oxygen atoms in total. The molecule has 156 valence electrons. The number of amides is 1. The van der Waals surface area contributed by atoms with Crippen molar-refractivity contribution in [2.45, 2.75) is 92.3 Å². The van der Waals surface area contributed by atoms with Crippen molar-refractivity contribution in [1.82, 2.24) is 14.7 Å². The van der Waals surface area contributed by atoms with Gasteiger partial charge in [-0.05, 0) is 54.0 Å². The Morgan fingerprint density at radius 2 is 1.73 bits per heavy atom. The standard InChI is InChI=1S/C19H39N3O2.C2H6/c1-9-19(7,22-14-13-21(10-2)16(3)15-22)11-12-20(8)17(23)24-18(4,5)6;1-2/h16H,9-15H2,1-8H3;1-2H3. The molecule has 1 aliphatic heterocycles. The van der Waals surface area contributed by atoms with E-state index in [9.17, 15) is 4.79 Å². The highest BCUT2D eigenvalue weighted by Crippen LogP contribution is 2.27. The lowest BCUT2D eigenvalue weighted by atomic mass is 9.90. The average molecular weight is 372 g/mol. The second-order valence-corrected chi connectivity index (χ2v) is 8.43. The van der Waals surface area contributed by atoms with E-state index in [0.717, 1.165) is 45.6 Å². The minimum atomic E-state index is -0.439. The molecule has 0 aromatic rings. The zero-order chi connectivity index (χ0) is 20.5. The van der Waals surface area contributed by atoms with Crippen LogP contribution in [0.15, 0.2) is 0 Å². The van der Waals surface area contributed by atoms with Gasteiger partial charge in [0.05, 0.1) is 0 Å². The van der Waals surface area contributed by atoms with Crippen molar-refractivity contribution in [3.8, 4) is 0 Å². The van der Waals surface area contributed by atoms with Crippen molar-refractivity contribution in [2.75, 3.05) is 39.8 Å². The lowest BCUT2D eigenvalue weighted by Crippen LogP contribution is -2.59. The molecule has 2 atom stereocenters. The summed E-state index contributed by atoms with van der Waals surface area (Å²) < 4.78 is 5.46. The second kappa shape index (κ2) is 11.1. The number of hydrogen-bond acceptors (Lipinski definition) is 4. The Balaban J connectivity index is 0.00000301. The van der Waals surface area contributed by atoms with Crippen LogP contribution in [0.4, 0.5) is 4.79 Å². The molecule has 5 heteroatoms. The van der Waals surface area contributed by atoms with Crippen LogP contribution in [0.1, 0.15) is 75.2 Å². The van der Waals surface area contributed by atoms with Crippen molar-refractivity contribution in [3.05, 3.63) is 0 Å². The second-order valence-electron chi connectivity index (χ2n) is 8.43. The molecule has 0 radical (unpaired) electrons. The van der Waals surface area contributed by atoms with Gasteiger partial charge in [-0.15, -0.1) is 0 Å². The highest BCUT2D eigenvalue weighted by atomic mass is 16.6. The lowest BCUT2D eigenvalue weighted by Gasteiger charge is -2.48. The summed E-state index contributed by atoms with van der Waals surface area (Å²) in [5.74, 6) is 0. The highest BCUT2D eigenvalue weighted by Gasteiger charge is 2.35. The zero-order valence-electron chi connectivity index (χ0n) is 19.2. The maximum Gasteiger partial charge on any atom is 0.410 e. The summed E-state index contributed by atoms with van der Waals surface area (Å²) in [7, 11) is 1.84. The maximum absolute atomic E-state index is 12.2. The van der Waals surface area contributed by atoms with Crippen molar-refractivity contribution < 1.29 is 9.53 Å². The van der Waals surface area contributed by atoms with Crippen LogP contribution in [-0.4, -0.2) is 77.7 Å². The Kier molecular flexibility index (Phi) is 10.8. The normalized spacial score (nSPS) is 21.4. The van der Waals surface area contributed by atoms with E-state index in [1.807, 2.05) is 41.7 Å². The van der Waals surface area contributed by atoms with Gasteiger partial charge in [0.2, 0.25) is 0 Å². The smallest absolute Gasteiger partial charge is 0.410 e. The molecule has 1 rings (SSSR count). The van der Waals surface area contributed by atoms with Crippen LogP contribution in [0.3, 0.4) is 0 Å². The van der Waals surface area contributed by atoms with Crippen LogP contribution in [-0.2, 0) is 4.74 Å². The van der Waals surface area contributed by atoms with E-state index in [4.69, 9.17) is 4.74 Å². The van der Waals surface area contributed by atoms with Gasteiger partial charge in [0, 0.05) is 44.8 Å². The summed E-state index contributed by atoms with van der Waals surface area (Å²) in [6, 6.07) is 0.596. The van der Waals surface area contributed by atoms with Gasteiger partial charge in [0.25, 0.3) is 0 Å². The molecular formula is C21H45N3O2. The SMILES string of the molecule is CC.CCN1CCN(C(C)(CC)CCN(C)C(=O)OC(C)(C)C)CC1C. The molecule has 26 heavy (non-hydrogen) atoms. The molecule has 0 N–H and O–H groups in total. The molecule has 2 unspecified atom stereocenters. The van der Waals surface area contributed by atoms with Gasteiger partial charge in [-0.2, -0.15) is 0 Å². The molecule has 0 bridgehead atoms. The predicted octanol–water partition coefficient (Wildman–Crippen LogP) is 4.46. The number of carbonyl (C=O) groups excluding carboxylic acids is 1. The molecule has 0 aliphatic carbocycles. The third-order valence-corrected chi connectivity index (χ3v) is 5.39. The van der Waals surface area contributed by atoms with Crippen molar-refractivity contribution >= 4 is 6.09 Å². The molecule has 1 aliphatic rings. The van der Waals surface area contributed by atoms with Gasteiger partial charge >= 0.3 is 6.09 Å². The van der Waals surface area contributed by atoms with Gasteiger partial charge in [-0.25, -0.2) is 4.79 Å². The predicted molar refractivity (Wildman–Crippen MR) is 112 cm³/mol. The summed E-state index contributed by atoms with van der Waals surface area (Å²) >= 11 is 0. The first-order valence-electron chi connectivity index (χ1n) is 10.5. The van der Waals surface area contributed by atoms with E-state index in [1.165, 1.54) is 0 Å². The molecule has 0 saturated carbocycles. The van der Waals surface area contributed by atoms with Crippen LogP contribution >= 0.6 is 0 Å². The zero-order valence-corrected chi connectivity index (χ0v) is 19.2. The minimum absolute atomic E-state index is 0.129. The molecule has 1 saturated heterocycles. The van der Waals surface area contributed by atoms with Crippen LogP contribution in [0.2, 0.25) is 0 Å². The van der Waals surface area contributed by atoms with Gasteiger partial charge in [-0.1, -0.05) is 27.7 Å². The number of rotatable bonds is 6. The molecule has 1 fully saturated rings. The van der Waals surface area contributed by atoms with Crippen LogP contribution < -0.4 is 0 Å². The molecule has 0 spiro atoms. The molecule has 1 heterocycles. The number of likely N-dealkylation sites (N-methyl/N-ethyl adjacent to an activating group) is 1. The quantitative estimate of drug-likeness (QED) is 0.690. The number of nitrogens with zero attached hydrogens (tertiary/aromatic N) is 3. The Labute approximate surface area is 163 Å². The number of ether oxygens (including phenoxy) is 1. The Hall–Kier alpha value is -0.810. The fourth-order valence-corrected chi connectivity index (χ4v) is 3.35. The van der Waals surface area contributed by atoms with Crippen LogP contribution in [0.5, 0.6) is 0 Å². The van der Waals surface area contributed by atoms with Crippen molar-refractivity contribution in [1.29, 1.82) is 0 Å². The van der Waals surface area contributed by atoms with Crippen molar-refractivity contribution in [2.24, 2.45) is 0 Å². The number of piperazine rings is 1. The maximum atomic E-state index is 12.2. The molecular weight excluding hydrogens is 326 g/mol. The van der Waals surface area contributed by atoms with E-state index in [2.05, 4.69) is 37.5 Å². The van der Waals surface area contributed by atoms with E-state index in [0.29, 0.717) is 6.04 Å². The summed E-state index contributed by atoms with van der Waals surface area (Å²) in [6.07, 6.45) is 1.83. The van der Waals surface area contributed by atoms with Crippen molar-refractivity contribution in [3.63, 3.8) is 0 Å². The first-order valence-corrected chi connectivity index (χ1v) is 10.5. The average Bonchev–Trinajstić information content (AvgIpc) is 2.59. The summed E-state index contributed by atoms with van der Waals surface area (Å²) in [5.41, 5.74) is -0.310. The van der Waals surface area contributed by atoms with E-state index in [-0.39, 0.29) is 11.6 Å². The largest absolute Gasteiger partial charge is 0.444 e. The Bertz CT molecular complexity index is 409. The summed E-state index contributed by atoms with van der Waals surface area (Å²) in [4.78, 5) is 19.0.